The van der Waals surface area contributed by atoms with Gasteiger partial charge in [0.2, 0.25) is 0 Å². The standard InChI is InChI=1S/C13H27N3/c1-6-8-16-12(10-14-4)11-15(5)9-7-13(16,2)3/h6,12,14H,1,7-11H2,2-5H3. The molecule has 3 heteroatoms. The Hall–Kier alpha value is -0.380. The molecule has 1 unspecified atom stereocenters. The highest BCUT2D eigenvalue weighted by Crippen LogP contribution is 2.25. The lowest BCUT2D eigenvalue weighted by Crippen LogP contribution is -2.53. The molecule has 1 N–H and O–H groups in total. The lowest BCUT2D eigenvalue weighted by molar-refractivity contribution is 0.0900. The number of likely N-dealkylation sites (N-methyl/N-ethyl adjacent to an activating group) is 2. The molecule has 1 aliphatic heterocycles. The molecule has 0 saturated carbocycles. The molecule has 0 bridgehead atoms. The molecule has 1 aliphatic rings. The normalized spacial score (nSPS) is 27.6. The van der Waals surface area contributed by atoms with Gasteiger partial charge in [-0.25, -0.2) is 0 Å². The summed E-state index contributed by atoms with van der Waals surface area (Å²) in [5.41, 5.74) is 0.264. The summed E-state index contributed by atoms with van der Waals surface area (Å²) < 4.78 is 0. The number of nitrogens with one attached hydrogen (secondary N) is 1. The van der Waals surface area contributed by atoms with Crippen LogP contribution < -0.4 is 5.32 Å². The van der Waals surface area contributed by atoms with Crippen molar-refractivity contribution in [1.29, 1.82) is 0 Å². The van der Waals surface area contributed by atoms with Gasteiger partial charge in [-0.05, 0) is 40.9 Å². The first-order valence-electron chi connectivity index (χ1n) is 6.22. The lowest BCUT2D eigenvalue weighted by atomic mass is 9.97. The molecule has 0 aromatic carbocycles. The van der Waals surface area contributed by atoms with E-state index in [4.69, 9.17) is 0 Å². The topological polar surface area (TPSA) is 18.5 Å². The molecule has 1 fully saturated rings. The van der Waals surface area contributed by atoms with E-state index in [-0.39, 0.29) is 5.54 Å². The van der Waals surface area contributed by atoms with Gasteiger partial charge in [0.05, 0.1) is 0 Å². The van der Waals surface area contributed by atoms with Crippen molar-refractivity contribution in [2.45, 2.75) is 31.8 Å². The molecular formula is C13H27N3. The number of hydrogen-bond acceptors (Lipinski definition) is 3. The van der Waals surface area contributed by atoms with Gasteiger partial charge in [0.15, 0.2) is 0 Å². The van der Waals surface area contributed by atoms with Crippen molar-refractivity contribution in [3.63, 3.8) is 0 Å². The molecule has 0 aromatic heterocycles. The third kappa shape index (κ3) is 3.30. The number of rotatable bonds is 4. The van der Waals surface area contributed by atoms with Crippen molar-refractivity contribution in [2.75, 3.05) is 40.3 Å². The zero-order valence-electron chi connectivity index (χ0n) is 11.3. The van der Waals surface area contributed by atoms with Crippen molar-refractivity contribution < 1.29 is 0 Å². The molecule has 16 heavy (non-hydrogen) atoms. The SMILES string of the molecule is C=CCN1C(CNC)CN(C)CCC1(C)C. The summed E-state index contributed by atoms with van der Waals surface area (Å²) in [5, 5.41) is 3.31. The third-order valence-electron chi connectivity index (χ3n) is 3.61. The zero-order valence-corrected chi connectivity index (χ0v) is 11.3. The molecule has 0 spiro atoms. The number of nitrogens with zero attached hydrogens (tertiary/aromatic N) is 2. The van der Waals surface area contributed by atoms with Gasteiger partial charge in [0.1, 0.15) is 0 Å². The van der Waals surface area contributed by atoms with E-state index in [0.717, 1.165) is 19.6 Å². The minimum atomic E-state index is 0.264. The van der Waals surface area contributed by atoms with Crippen LogP contribution in [0.4, 0.5) is 0 Å². The second kappa shape index (κ2) is 5.80. The van der Waals surface area contributed by atoms with Gasteiger partial charge in [0, 0.05) is 31.2 Å². The Balaban J connectivity index is 2.84. The highest BCUT2D eigenvalue weighted by Gasteiger charge is 2.34. The summed E-state index contributed by atoms with van der Waals surface area (Å²) in [5.74, 6) is 0. The van der Waals surface area contributed by atoms with Crippen LogP contribution in [0.1, 0.15) is 20.3 Å². The van der Waals surface area contributed by atoms with Crippen molar-refractivity contribution in [3.05, 3.63) is 12.7 Å². The highest BCUT2D eigenvalue weighted by molar-refractivity contribution is 4.95. The Morgan fingerprint density at radius 2 is 2.19 bits per heavy atom. The maximum absolute atomic E-state index is 3.89. The summed E-state index contributed by atoms with van der Waals surface area (Å²) in [6, 6.07) is 0.575. The first-order chi connectivity index (χ1) is 7.51. The second-order valence-electron chi connectivity index (χ2n) is 5.48. The van der Waals surface area contributed by atoms with E-state index in [2.05, 4.69) is 42.6 Å². The van der Waals surface area contributed by atoms with E-state index in [1.165, 1.54) is 13.0 Å². The van der Waals surface area contributed by atoms with E-state index < -0.39 is 0 Å². The van der Waals surface area contributed by atoms with Gasteiger partial charge in [-0.3, -0.25) is 4.90 Å². The summed E-state index contributed by atoms with van der Waals surface area (Å²) in [4.78, 5) is 5.02. The largest absolute Gasteiger partial charge is 0.318 e. The summed E-state index contributed by atoms with van der Waals surface area (Å²) in [7, 11) is 4.25. The minimum Gasteiger partial charge on any atom is -0.318 e. The van der Waals surface area contributed by atoms with Crippen molar-refractivity contribution in [3.8, 4) is 0 Å². The maximum atomic E-state index is 3.89. The van der Waals surface area contributed by atoms with Gasteiger partial charge in [-0.2, -0.15) is 0 Å². The summed E-state index contributed by atoms with van der Waals surface area (Å²) >= 11 is 0. The fourth-order valence-corrected chi connectivity index (χ4v) is 2.60. The molecule has 0 aromatic rings. The summed E-state index contributed by atoms with van der Waals surface area (Å²) in [6.45, 7) is 12.9. The van der Waals surface area contributed by atoms with E-state index in [1.807, 2.05) is 13.1 Å². The predicted molar refractivity (Wildman–Crippen MR) is 70.8 cm³/mol. The van der Waals surface area contributed by atoms with Crippen LogP contribution in [0.3, 0.4) is 0 Å². The molecule has 94 valence electrons. The fourth-order valence-electron chi connectivity index (χ4n) is 2.60. The van der Waals surface area contributed by atoms with Crippen LogP contribution >= 0.6 is 0 Å². The van der Waals surface area contributed by atoms with Gasteiger partial charge in [-0.15, -0.1) is 6.58 Å². The van der Waals surface area contributed by atoms with Crippen molar-refractivity contribution >= 4 is 0 Å². The fraction of sp³-hybridized carbons (Fsp3) is 0.846. The highest BCUT2D eigenvalue weighted by atomic mass is 15.3. The van der Waals surface area contributed by atoms with E-state index in [1.54, 1.807) is 0 Å². The molecule has 0 amide bonds. The van der Waals surface area contributed by atoms with Gasteiger partial charge in [0.25, 0.3) is 0 Å². The Morgan fingerprint density at radius 1 is 1.50 bits per heavy atom. The van der Waals surface area contributed by atoms with E-state index >= 15 is 0 Å². The van der Waals surface area contributed by atoms with Crippen LogP contribution in [0.5, 0.6) is 0 Å². The molecular weight excluding hydrogens is 198 g/mol. The smallest absolute Gasteiger partial charge is 0.0356 e. The Labute approximate surface area is 100 Å². The molecule has 3 nitrogen and oxygen atoms in total. The monoisotopic (exact) mass is 225 g/mol. The number of hydrogen-bond donors (Lipinski definition) is 1. The Kier molecular flexibility index (Phi) is 4.96. The van der Waals surface area contributed by atoms with E-state index in [0.29, 0.717) is 6.04 Å². The lowest BCUT2D eigenvalue weighted by Gasteiger charge is -2.41. The first kappa shape index (κ1) is 13.7. The van der Waals surface area contributed by atoms with Crippen LogP contribution in [-0.4, -0.2) is 61.7 Å². The van der Waals surface area contributed by atoms with Crippen LogP contribution in [0.15, 0.2) is 12.7 Å². The van der Waals surface area contributed by atoms with E-state index in [9.17, 15) is 0 Å². The Bertz CT molecular complexity index is 225. The molecule has 1 atom stereocenters. The van der Waals surface area contributed by atoms with Gasteiger partial charge >= 0.3 is 0 Å². The molecule has 1 rings (SSSR count). The molecule has 0 radical (unpaired) electrons. The molecule has 1 heterocycles. The molecule has 1 saturated heterocycles. The van der Waals surface area contributed by atoms with Crippen LogP contribution in [0.2, 0.25) is 0 Å². The van der Waals surface area contributed by atoms with Crippen molar-refractivity contribution in [1.82, 2.24) is 15.1 Å². The van der Waals surface area contributed by atoms with Gasteiger partial charge in [-0.1, -0.05) is 6.08 Å². The molecule has 0 aliphatic carbocycles. The minimum absolute atomic E-state index is 0.264. The Morgan fingerprint density at radius 3 is 2.75 bits per heavy atom. The van der Waals surface area contributed by atoms with Gasteiger partial charge < -0.3 is 10.2 Å². The van der Waals surface area contributed by atoms with Crippen molar-refractivity contribution in [2.24, 2.45) is 0 Å². The predicted octanol–water partition coefficient (Wildman–Crippen LogP) is 1.18. The zero-order chi connectivity index (χ0) is 12.2. The van der Waals surface area contributed by atoms with Crippen LogP contribution in [-0.2, 0) is 0 Å². The van der Waals surface area contributed by atoms with Crippen LogP contribution in [0, 0.1) is 0 Å². The first-order valence-corrected chi connectivity index (χ1v) is 6.22. The quantitative estimate of drug-likeness (QED) is 0.725. The second-order valence-corrected chi connectivity index (χ2v) is 5.48. The maximum Gasteiger partial charge on any atom is 0.0356 e. The average Bonchev–Trinajstić information content (AvgIpc) is 2.31. The summed E-state index contributed by atoms with van der Waals surface area (Å²) in [6.07, 6.45) is 3.24. The average molecular weight is 225 g/mol. The third-order valence-corrected chi connectivity index (χ3v) is 3.61. The van der Waals surface area contributed by atoms with Crippen LogP contribution in [0.25, 0.3) is 0 Å².